The van der Waals surface area contributed by atoms with E-state index in [-0.39, 0.29) is 16.1 Å². The Labute approximate surface area is 222 Å². The van der Waals surface area contributed by atoms with E-state index >= 15 is 0 Å². The molecule has 0 spiro atoms. The lowest BCUT2D eigenvalue weighted by atomic mass is 10.1. The largest absolute Gasteiger partial charge is 0.478 e. The van der Waals surface area contributed by atoms with Gasteiger partial charge in [0.25, 0.3) is 10.0 Å². The smallest absolute Gasteiger partial charge is 0.336 e. The van der Waals surface area contributed by atoms with Gasteiger partial charge < -0.3 is 14.9 Å². The minimum Gasteiger partial charge on any atom is -0.478 e. The number of sulfonamides is 1. The van der Waals surface area contributed by atoms with Crippen LogP contribution >= 0.6 is 0 Å². The van der Waals surface area contributed by atoms with E-state index in [1.54, 1.807) is 30.3 Å². The van der Waals surface area contributed by atoms with Crippen LogP contribution in [0.1, 0.15) is 27.0 Å². The van der Waals surface area contributed by atoms with Crippen LogP contribution in [-0.4, -0.2) is 50.7 Å². The lowest BCUT2D eigenvalue weighted by molar-refractivity contribution is 0.0699. The zero-order valence-electron chi connectivity index (χ0n) is 21.6. The van der Waals surface area contributed by atoms with Crippen molar-refractivity contribution in [3.8, 4) is 0 Å². The molecular formula is C29H30N4O4S. The van der Waals surface area contributed by atoms with Gasteiger partial charge in [-0.25, -0.2) is 18.2 Å². The Morgan fingerprint density at radius 2 is 1.58 bits per heavy atom. The molecule has 0 radical (unpaired) electrons. The van der Waals surface area contributed by atoms with Crippen LogP contribution in [0.5, 0.6) is 0 Å². The predicted octanol–water partition coefficient (Wildman–Crippen LogP) is 4.99. The molecule has 3 aromatic carbocycles. The first-order valence-electron chi connectivity index (χ1n) is 12.5. The fraction of sp³-hybridized carbons (Fsp3) is 0.241. The molecule has 0 amide bonds. The number of carbonyl (C=O) groups is 1. The number of aromatic carboxylic acids is 1. The summed E-state index contributed by atoms with van der Waals surface area (Å²) in [6, 6.07) is 19.2. The van der Waals surface area contributed by atoms with Crippen molar-refractivity contribution >= 4 is 44.1 Å². The fourth-order valence-corrected chi connectivity index (χ4v) is 5.85. The normalized spacial score (nSPS) is 14.1. The molecule has 1 aliphatic heterocycles. The number of fused-ring (bicyclic) bond motifs is 1. The fourth-order valence-electron chi connectivity index (χ4n) is 4.80. The van der Waals surface area contributed by atoms with Crippen molar-refractivity contribution in [2.75, 3.05) is 40.7 Å². The van der Waals surface area contributed by atoms with Gasteiger partial charge in [-0.1, -0.05) is 29.8 Å². The summed E-state index contributed by atoms with van der Waals surface area (Å²) in [4.78, 5) is 21.5. The molecule has 196 valence electrons. The maximum Gasteiger partial charge on any atom is 0.336 e. The van der Waals surface area contributed by atoms with Gasteiger partial charge in [0.1, 0.15) is 5.82 Å². The summed E-state index contributed by atoms with van der Waals surface area (Å²) >= 11 is 0. The van der Waals surface area contributed by atoms with Crippen molar-refractivity contribution in [1.82, 2.24) is 4.98 Å². The molecule has 1 fully saturated rings. The highest BCUT2D eigenvalue weighted by Gasteiger charge is 2.23. The van der Waals surface area contributed by atoms with Gasteiger partial charge in [-0.05, 0) is 74.4 Å². The Balaban J connectivity index is 1.40. The number of hydrogen-bond donors (Lipinski definition) is 2. The van der Waals surface area contributed by atoms with Gasteiger partial charge in [-0.3, -0.25) is 4.72 Å². The van der Waals surface area contributed by atoms with E-state index in [1.807, 2.05) is 6.92 Å². The van der Waals surface area contributed by atoms with Crippen LogP contribution in [0.4, 0.5) is 17.2 Å². The van der Waals surface area contributed by atoms with E-state index in [2.05, 4.69) is 46.6 Å². The van der Waals surface area contributed by atoms with Gasteiger partial charge >= 0.3 is 5.97 Å². The van der Waals surface area contributed by atoms with Crippen LogP contribution in [0.25, 0.3) is 10.9 Å². The minimum atomic E-state index is -3.82. The average Bonchev–Trinajstić information content (AvgIpc) is 2.90. The van der Waals surface area contributed by atoms with E-state index in [9.17, 15) is 18.3 Å². The summed E-state index contributed by atoms with van der Waals surface area (Å²) in [5.41, 5.74) is 5.56. The van der Waals surface area contributed by atoms with E-state index in [0.29, 0.717) is 29.8 Å². The Bertz CT molecular complexity index is 1630. The first-order chi connectivity index (χ1) is 18.1. The van der Waals surface area contributed by atoms with Crippen LogP contribution in [0.3, 0.4) is 0 Å². The zero-order chi connectivity index (χ0) is 27.0. The van der Waals surface area contributed by atoms with Crippen LogP contribution in [0.15, 0.2) is 71.6 Å². The molecular weight excluding hydrogens is 500 g/mol. The predicted molar refractivity (Wildman–Crippen MR) is 151 cm³/mol. The molecule has 0 bridgehead atoms. The second-order valence-electron chi connectivity index (χ2n) is 9.68. The van der Waals surface area contributed by atoms with Crippen molar-refractivity contribution in [2.45, 2.75) is 25.7 Å². The minimum absolute atomic E-state index is 0.0818. The van der Waals surface area contributed by atoms with Crippen molar-refractivity contribution in [3.05, 3.63) is 89.0 Å². The lowest BCUT2D eigenvalue weighted by Crippen LogP contribution is -2.47. The summed E-state index contributed by atoms with van der Waals surface area (Å²) in [6.45, 7) is 9.14. The second-order valence-corrected chi connectivity index (χ2v) is 11.4. The van der Waals surface area contributed by atoms with E-state index < -0.39 is 16.0 Å². The van der Waals surface area contributed by atoms with Crippen molar-refractivity contribution in [1.29, 1.82) is 0 Å². The molecule has 1 aromatic heterocycles. The first kappa shape index (κ1) is 25.5. The average molecular weight is 531 g/mol. The SMILES string of the molecule is Cc1ccc(S(=O)(=O)Nc2ccc3nc(N4CCN(c5cccc(C)c5C)CC4)cc(C(=O)O)c3c2)cc1. The van der Waals surface area contributed by atoms with Crippen LogP contribution in [-0.2, 0) is 10.0 Å². The van der Waals surface area contributed by atoms with Gasteiger partial charge in [0.05, 0.1) is 16.0 Å². The number of rotatable bonds is 6. The highest BCUT2D eigenvalue weighted by Crippen LogP contribution is 2.29. The Kier molecular flexibility index (Phi) is 6.71. The summed E-state index contributed by atoms with van der Waals surface area (Å²) in [7, 11) is -3.82. The van der Waals surface area contributed by atoms with Crippen LogP contribution in [0, 0.1) is 20.8 Å². The molecule has 38 heavy (non-hydrogen) atoms. The molecule has 1 saturated heterocycles. The summed E-state index contributed by atoms with van der Waals surface area (Å²) in [5.74, 6) is -0.491. The second kappa shape index (κ2) is 9.98. The third kappa shape index (κ3) is 5.02. The number of hydrogen-bond acceptors (Lipinski definition) is 6. The topological polar surface area (TPSA) is 103 Å². The van der Waals surface area contributed by atoms with Crippen molar-refractivity contribution in [3.63, 3.8) is 0 Å². The molecule has 8 nitrogen and oxygen atoms in total. The molecule has 4 aromatic rings. The van der Waals surface area contributed by atoms with Gasteiger partial charge in [0.15, 0.2) is 0 Å². The summed E-state index contributed by atoms with van der Waals surface area (Å²) in [6.07, 6.45) is 0. The first-order valence-corrected chi connectivity index (χ1v) is 13.9. The molecule has 0 aliphatic carbocycles. The molecule has 2 heterocycles. The Hall–Kier alpha value is -4.11. The monoisotopic (exact) mass is 530 g/mol. The quantitative estimate of drug-likeness (QED) is 0.362. The summed E-state index contributed by atoms with van der Waals surface area (Å²) < 4.78 is 28.2. The number of nitrogens with zero attached hydrogens (tertiary/aromatic N) is 3. The number of carboxylic acids is 1. The number of carboxylic acid groups (broad SMARTS) is 1. The summed E-state index contributed by atoms with van der Waals surface area (Å²) in [5, 5.41) is 10.4. The highest BCUT2D eigenvalue weighted by atomic mass is 32.2. The maximum absolute atomic E-state index is 12.8. The third-order valence-electron chi connectivity index (χ3n) is 7.13. The standard InChI is InChI=1S/C29H30N4O4S/c1-19-7-10-23(11-8-19)38(36,37)31-22-9-12-26-24(17-22)25(29(34)35)18-28(30-26)33-15-13-32(14-16-33)27-6-4-5-20(2)21(27)3/h4-12,17-18,31H,13-16H2,1-3H3,(H,34,35). The van der Waals surface area contributed by atoms with Gasteiger partial charge in [-0.2, -0.15) is 0 Å². The number of anilines is 3. The van der Waals surface area contributed by atoms with Crippen LogP contribution in [0.2, 0.25) is 0 Å². The van der Waals surface area contributed by atoms with Gasteiger partial charge in [0, 0.05) is 42.9 Å². The maximum atomic E-state index is 12.8. The molecule has 5 rings (SSSR count). The highest BCUT2D eigenvalue weighted by molar-refractivity contribution is 7.92. The number of aryl methyl sites for hydroxylation is 2. The number of nitrogens with one attached hydrogen (secondary N) is 1. The molecule has 2 N–H and O–H groups in total. The van der Waals surface area contributed by atoms with E-state index in [4.69, 9.17) is 4.98 Å². The van der Waals surface area contributed by atoms with Crippen molar-refractivity contribution < 1.29 is 18.3 Å². The van der Waals surface area contributed by atoms with Gasteiger partial charge in [-0.15, -0.1) is 0 Å². The Morgan fingerprint density at radius 3 is 2.26 bits per heavy atom. The number of aromatic nitrogens is 1. The lowest BCUT2D eigenvalue weighted by Gasteiger charge is -2.37. The van der Waals surface area contributed by atoms with E-state index in [0.717, 1.165) is 18.7 Å². The van der Waals surface area contributed by atoms with Crippen LogP contribution < -0.4 is 14.5 Å². The molecule has 0 unspecified atom stereocenters. The Morgan fingerprint density at radius 1 is 0.895 bits per heavy atom. The number of piperazine rings is 1. The molecule has 0 saturated carbocycles. The number of benzene rings is 3. The number of pyridine rings is 1. The van der Waals surface area contributed by atoms with Crippen molar-refractivity contribution in [2.24, 2.45) is 0 Å². The third-order valence-corrected chi connectivity index (χ3v) is 8.53. The van der Waals surface area contributed by atoms with Gasteiger partial charge in [0.2, 0.25) is 0 Å². The molecule has 0 atom stereocenters. The molecule has 1 aliphatic rings. The van der Waals surface area contributed by atoms with E-state index in [1.165, 1.54) is 35.0 Å². The molecule has 9 heteroatoms. The zero-order valence-corrected chi connectivity index (χ0v) is 22.4.